The third-order valence-electron chi connectivity index (χ3n) is 5.03. The summed E-state index contributed by atoms with van der Waals surface area (Å²) in [5.41, 5.74) is 2.35. The molecule has 0 saturated heterocycles. The summed E-state index contributed by atoms with van der Waals surface area (Å²) in [6.07, 6.45) is 1.78. The quantitative estimate of drug-likeness (QED) is 0.483. The molecule has 0 radical (unpaired) electrons. The lowest BCUT2D eigenvalue weighted by Gasteiger charge is -2.22. The molecule has 2 aromatic carbocycles. The molecule has 3 heteroatoms. The zero-order valence-electron chi connectivity index (χ0n) is 13.7. The number of carbonyl (C=O) groups is 1. The van der Waals surface area contributed by atoms with Crippen molar-refractivity contribution in [3.63, 3.8) is 0 Å². The van der Waals surface area contributed by atoms with Gasteiger partial charge in [-0.05, 0) is 16.5 Å². The van der Waals surface area contributed by atoms with Gasteiger partial charge in [-0.2, -0.15) is 0 Å². The topological polar surface area (TPSA) is 38.7 Å². The van der Waals surface area contributed by atoms with Gasteiger partial charge in [0.15, 0.2) is 0 Å². The maximum absolute atomic E-state index is 11.0. The summed E-state index contributed by atoms with van der Waals surface area (Å²) in [5.74, 6) is -0.233. The molecular weight excluding hydrogens is 286 g/mol. The van der Waals surface area contributed by atoms with E-state index in [-0.39, 0.29) is 16.7 Å². The van der Waals surface area contributed by atoms with E-state index in [1.165, 1.54) is 18.1 Å². The molecule has 23 heavy (non-hydrogen) atoms. The Morgan fingerprint density at radius 1 is 1.00 bits per heavy atom. The first-order chi connectivity index (χ1) is 11.0. The fourth-order valence-corrected chi connectivity index (χ4v) is 3.94. The number of oxime groups is 1. The number of benzene rings is 2. The van der Waals surface area contributed by atoms with Crippen molar-refractivity contribution >= 4 is 12.2 Å². The summed E-state index contributed by atoms with van der Waals surface area (Å²) < 4.78 is 0. The van der Waals surface area contributed by atoms with Crippen molar-refractivity contribution in [2.75, 3.05) is 0 Å². The molecule has 3 nitrogen and oxygen atoms in total. The van der Waals surface area contributed by atoms with Crippen LogP contribution in [0, 0.1) is 11.3 Å². The molecule has 2 aromatic rings. The van der Waals surface area contributed by atoms with E-state index < -0.39 is 5.97 Å². The minimum absolute atomic E-state index is 0.0145. The second-order valence-corrected chi connectivity index (χ2v) is 6.58. The summed E-state index contributed by atoms with van der Waals surface area (Å²) in [6, 6.07) is 21.0. The van der Waals surface area contributed by atoms with Crippen molar-refractivity contribution < 1.29 is 9.63 Å². The van der Waals surface area contributed by atoms with Gasteiger partial charge in [0.05, 0.1) is 0 Å². The van der Waals surface area contributed by atoms with Crippen LogP contribution in [-0.2, 0) is 15.0 Å². The molecule has 118 valence electrons. The van der Waals surface area contributed by atoms with Crippen LogP contribution in [0.1, 0.15) is 31.9 Å². The minimum Gasteiger partial charge on any atom is -0.319 e. The van der Waals surface area contributed by atoms with E-state index in [0.29, 0.717) is 0 Å². The highest BCUT2D eigenvalue weighted by molar-refractivity contribution is 5.77. The Morgan fingerprint density at radius 3 is 1.91 bits per heavy atom. The summed E-state index contributed by atoms with van der Waals surface area (Å²) >= 11 is 0. The van der Waals surface area contributed by atoms with Gasteiger partial charge in [0.2, 0.25) is 0 Å². The molecule has 0 unspecified atom stereocenters. The average Bonchev–Trinajstić information content (AvgIpc) is 3.05. The lowest BCUT2D eigenvalue weighted by Crippen LogP contribution is -2.17. The Balaban J connectivity index is 2.08. The molecular formula is C20H21NO2. The van der Waals surface area contributed by atoms with Crippen molar-refractivity contribution in [3.8, 4) is 0 Å². The van der Waals surface area contributed by atoms with Crippen molar-refractivity contribution in [1.29, 1.82) is 0 Å². The molecule has 1 aliphatic carbocycles. The summed E-state index contributed by atoms with van der Waals surface area (Å²) in [7, 11) is 0. The Morgan fingerprint density at radius 2 is 1.48 bits per heavy atom. The van der Waals surface area contributed by atoms with E-state index in [0.717, 1.165) is 0 Å². The van der Waals surface area contributed by atoms with Gasteiger partial charge in [0.1, 0.15) is 0 Å². The molecule has 0 aromatic heterocycles. The number of hydrogen-bond donors (Lipinski definition) is 0. The van der Waals surface area contributed by atoms with Gasteiger partial charge in [0.25, 0.3) is 0 Å². The second-order valence-electron chi connectivity index (χ2n) is 6.58. The van der Waals surface area contributed by atoms with Crippen LogP contribution in [0.4, 0.5) is 0 Å². The molecule has 0 aliphatic heterocycles. The number of carbonyl (C=O) groups excluding carboxylic acids is 1. The zero-order valence-corrected chi connectivity index (χ0v) is 13.7. The molecule has 1 atom stereocenters. The van der Waals surface area contributed by atoms with Crippen LogP contribution in [0.2, 0.25) is 0 Å². The standard InChI is InChI=1S/C20H21NO2/c1-15(22)23-21-14-18-19(2,3)20(18,16-10-6-4-7-11-16)17-12-8-5-9-13-17/h4-14,18H,1-3H3/b21-14+/t18-/m1/s1. The van der Waals surface area contributed by atoms with E-state index in [4.69, 9.17) is 4.84 Å². The SMILES string of the molecule is CC(=O)O/N=C/[C@@H]1C(C)(C)C1(c1ccccc1)c1ccccc1. The molecule has 0 spiro atoms. The fourth-order valence-electron chi connectivity index (χ4n) is 3.94. The van der Waals surface area contributed by atoms with E-state index in [2.05, 4.69) is 67.5 Å². The normalized spacial score (nSPS) is 21.1. The first kappa shape index (κ1) is 15.5. The van der Waals surface area contributed by atoms with E-state index in [9.17, 15) is 4.79 Å². The van der Waals surface area contributed by atoms with Crippen LogP contribution in [0.5, 0.6) is 0 Å². The van der Waals surface area contributed by atoms with E-state index in [1.54, 1.807) is 6.21 Å². The van der Waals surface area contributed by atoms with Crippen molar-refractivity contribution in [2.24, 2.45) is 16.5 Å². The van der Waals surface area contributed by atoms with E-state index >= 15 is 0 Å². The molecule has 0 N–H and O–H groups in total. The highest BCUT2D eigenvalue weighted by Crippen LogP contribution is 2.71. The molecule has 0 amide bonds. The first-order valence-electron chi connectivity index (χ1n) is 7.83. The molecule has 1 saturated carbocycles. The summed E-state index contributed by atoms with van der Waals surface area (Å²) in [5, 5.41) is 3.90. The predicted octanol–water partition coefficient (Wildman–Crippen LogP) is 4.18. The lowest BCUT2D eigenvalue weighted by molar-refractivity contribution is -0.140. The molecule has 1 aliphatic rings. The van der Waals surface area contributed by atoms with Crippen LogP contribution < -0.4 is 0 Å². The van der Waals surface area contributed by atoms with Gasteiger partial charge in [-0.1, -0.05) is 79.7 Å². The fraction of sp³-hybridized carbons (Fsp3) is 0.300. The average molecular weight is 307 g/mol. The van der Waals surface area contributed by atoms with Crippen LogP contribution in [0.3, 0.4) is 0 Å². The number of rotatable bonds is 4. The highest BCUT2D eigenvalue weighted by Gasteiger charge is 2.71. The summed E-state index contributed by atoms with van der Waals surface area (Å²) in [4.78, 5) is 15.8. The first-order valence-corrected chi connectivity index (χ1v) is 7.83. The van der Waals surface area contributed by atoms with Crippen LogP contribution in [0.15, 0.2) is 65.8 Å². The van der Waals surface area contributed by atoms with Gasteiger partial charge in [-0.25, -0.2) is 4.79 Å². The Labute approximate surface area is 137 Å². The number of nitrogens with zero attached hydrogens (tertiary/aromatic N) is 1. The Hall–Kier alpha value is -2.42. The highest BCUT2D eigenvalue weighted by atomic mass is 16.7. The van der Waals surface area contributed by atoms with Crippen molar-refractivity contribution in [2.45, 2.75) is 26.2 Å². The second kappa shape index (κ2) is 5.65. The zero-order chi connectivity index (χ0) is 16.5. The van der Waals surface area contributed by atoms with Crippen molar-refractivity contribution in [3.05, 3.63) is 71.8 Å². The molecule has 0 bridgehead atoms. The summed E-state index contributed by atoms with van der Waals surface area (Å²) in [6.45, 7) is 5.83. The molecule has 1 fully saturated rings. The van der Waals surface area contributed by atoms with Crippen LogP contribution in [0.25, 0.3) is 0 Å². The monoisotopic (exact) mass is 307 g/mol. The van der Waals surface area contributed by atoms with Gasteiger partial charge in [-0.15, -0.1) is 0 Å². The van der Waals surface area contributed by atoms with Gasteiger partial charge in [0, 0.05) is 24.5 Å². The van der Waals surface area contributed by atoms with Crippen molar-refractivity contribution in [1.82, 2.24) is 0 Å². The lowest BCUT2D eigenvalue weighted by atomic mass is 9.81. The molecule has 3 rings (SSSR count). The molecule has 0 heterocycles. The minimum atomic E-state index is -0.398. The largest absolute Gasteiger partial charge is 0.331 e. The van der Waals surface area contributed by atoms with E-state index in [1.807, 2.05) is 12.1 Å². The van der Waals surface area contributed by atoms with Crippen LogP contribution >= 0.6 is 0 Å². The maximum atomic E-state index is 11.0. The maximum Gasteiger partial charge on any atom is 0.331 e. The third kappa shape index (κ3) is 2.37. The third-order valence-corrected chi connectivity index (χ3v) is 5.03. The smallest absolute Gasteiger partial charge is 0.319 e. The number of hydrogen-bond acceptors (Lipinski definition) is 3. The van der Waals surface area contributed by atoms with Gasteiger partial charge < -0.3 is 4.84 Å². The van der Waals surface area contributed by atoms with Gasteiger partial charge >= 0.3 is 5.97 Å². The van der Waals surface area contributed by atoms with Gasteiger partial charge in [-0.3, -0.25) is 0 Å². The Kier molecular flexibility index (Phi) is 3.80. The Bertz CT molecular complexity index is 680. The predicted molar refractivity (Wildman–Crippen MR) is 91.2 cm³/mol. The van der Waals surface area contributed by atoms with Crippen LogP contribution in [-0.4, -0.2) is 12.2 Å².